The molecule has 1 aromatic carbocycles. The molecule has 1 aromatic heterocycles. The number of nitrogens with one attached hydrogen (secondary N) is 1. The normalized spacial score (nSPS) is 17.4. The SMILES string of the molecule is COc1ccccc1NC(=O)[C@H]1CCCN(C(=O)c2ccco2)C1. The number of nitrogens with zero attached hydrogens (tertiary/aromatic N) is 1. The van der Waals surface area contributed by atoms with Crippen molar-refractivity contribution in [1.29, 1.82) is 0 Å². The van der Waals surface area contributed by atoms with Crippen molar-refractivity contribution in [1.82, 2.24) is 4.90 Å². The number of likely N-dealkylation sites (tertiary alicyclic amines) is 1. The molecule has 0 bridgehead atoms. The van der Waals surface area contributed by atoms with Gasteiger partial charge in [0.05, 0.1) is 25.0 Å². The molecule has 1 atom stereocenters. The first-order valence-corrected chi connectivity index (χ1v) is 7.95. The monoisotopic (exact) mass is 328 g/mol. The molecule has 0 saturated carbocycles. The summed E-state index contributed by atoms with van der Waals surface area (Å²) in [5.41, 5.74) is 0.638. The molecule has 0 radical (unpaired) electrons. The molecule has 126 valence electrons. The molecule has 2 aromatic rings. The summed E-state index contributed by atoms with van der Waals surface area (Å²) in [5, 5.41) is 2.90. The van der Waals surface area contributed by atoms with E-state index in [9.17, 15) is 9.59 Å². The van der Waals surface area contributed by atoms with Crippen LogP contribution in [-0.4, -0.2) is 36.9 Å². The maximum atomic E-state index is 12.6. The third kappa shape index (κ3) is 3.42. The Bertz CT molecular complexity index is 712. The number of hydrogen-bond donors (Lipinski definition) is 1. The Morgan fingerprint density at radius 3 is 2.83 bits per heavy atom. The zero-order valence-electron chi connectivity index (χ0n) is 13.5. The van der Waals surface area contributed by atoms with Gasteiger partial charge in [0.1, 0.15) is 5.75 Å². The van der Waals surface area contributed by atoms with E-state index < -0.39 is 0 Å². The molecule has 0 aliphatic carbocycles. The van der Waals surface area contributed by atoms with Gasteiger partial charge < -0.3 is 19.4 Å². The van der Waals surface area contributed by atoms with Gasteiger partial charge in [-0.15, -0.1) is 0 Å². The van der Waals surface area contributed by atoms with E-state index in [1.807, 2.05) is 12.1 Å². The number of anilines is 1. The molecule has 24 heavy (non-hydrogen) atoms. The Hall–Kier alpha value is -2.76. The fourth-order valence-electron chi connectivity index (χ4n) is 2.91. The summed E-state index contributed by atoms with van der Waals surface area (Å²) >= 11 is 0. The molecule has 1 aliphatic rings. The lowest BCUT2D eigenvalue weighted by Crippen LogP contribution is -2.43. The second kappa shape index (κ2) is 7.21. The van der Waals surface area contributed by atoms with Crippen LogP contribution in [0, 0.1) is 5.92 Å². The van der Waals surface area contributed by atoms with Gasteiger partial charge in [0.15, 0.2) is 5.76 Å². The van der Waals surface area contributed by atoms with Crippen molar-refractivity contribution in [2.75, 3.05) is 25.5 Å². The number of para-hydroxylation sites is 2. The van der Waals surface area contributed by atoms with Crippen LogP contribution in [0.2, 0.25) is 0 Å². The van der Waals surface area contributed by atoms with E-state index in [-0.39, 0.29) is 17.7 Å². The Kier molecular flexibility index (Phi) is 4.84. The summed E-state index contributed by atoms with van der Waals surface area (Å²) in [7, 11) is 1.56. The van der Waals surface area contributed by atoms with Crippen LogP contribution in [0.3, 0.4) is 0 Å². The van der Waals surface area contributed by atoms with Crippen molar-refractivity contribution in [3.63, 3.8) is 0 Å². The average molecular weight is 328 g/mol. The van der Waals surface area contributed by atoms with E-state index in [1.165, 1.54) is 6.26 Å². The number of carbonyl (C=O) groups is 2. The predicted octanol–water partition coefficient (Wildman–Crippen LogP) is 2.78. The highest BCUT2D eigenvalue weighted by Gasteiger charge is 2.30. The first-order valence-electron chi connectivity index (χ1n) is 7.95. The smallest absolute Gasteiger partial charge is 0.289 e. The van der Waals surface area contributed by atoms with E-state index in [2.05, 4.69) is 5.32 Å². The van der Waals surface area contributed by atoms with Crippen LogP contribution >= 0.6 is 0 Å². The first-order chi connectivity index (χ1) is 11.7. The molecule has 2 heterocycles. The fourth-order valence-corrected chi connectivity index (χ4v) is 2.91. The molecule has 3 rings (SSSR count). The standard InChI is InChI=1S/C18H20N2O4/c1-23-15-8-3-2-7-14(15)19-17(21)13-6-4-10-20(12-13)18(22)16-9-5-11-24-16/h2-3,5,7-9,11,13H,4,6,10,12H2,1H3,(H,19,21)/t13-/m0/s1. The number of methoxy groups -OCH3 is 1. The molecule has 6 heteroatoms. The Morgan fingerprint density at radius 1 is 1.25 bits per heavy atom. The van der Waals surface area contributed by atoms with Crippen molar-refractivity contribution in [3.8, 4) is 5.75 Å². The fraction of sp³-hybridized carbons (Fsp3) is 0.333. The zero-order valence-corrected chi connectivity index (χ0v) is 13.5. The molecule has 6 nitrogen and oxygen atoms in total. The maximum Gasteiger partial charge on any atom is 0.289 e. The number of carbonyl (C=O) groups excluding carboxylic acids is 2. The number of ether oxygens (including phenoxy) is 1. The summed E-state index contributed by atoms with van der Waals surface area (Å²) in [6, 6.07) is 10.6. The van der Waals surface area contributed by atoms with E-state index in [1.54, 1.807) is 36.3 Å². The van der Waals surface area contributed by atoms with Gasteiger partial charge in [-0.25, -0.2) is 0 Å². The number of rotatable bonds is 4. The van der Waals surface area contributed by atoms with E-state index >= 15 is 0 Å². The third-order valence-electron chi connectivity index (χ3n) is 4.18. The Balaban J connectivity index is 1.66. The molecule has 1 fully saturated rings. The van der Waals surface area contributed by atoms with Gasteiger partial charge >= 0.3 is 0 Å². The number of amides is 2. The third-order valence-corrected chi connectivity index (χ3v) is 4.18. The predicted molar refractivity (Wildman–Crippen MR) is 89.0 cm³/mol. The van der Waals surface area contributed by atoms with Gasteiger partial charge in [0, 0.05) is 13.1 Å². The number of hydrogen-bond acceptors (Lipinski definition) is 4. The highest BCUT2D eigenvalue weighted by Crippen LogP contribution is 2.25. The first kappa shape index (κ1) is 16.1. The molecular formula is C18H20N2O4. The van der Waals surface area contributed by atoms with Crippen molar-refractivity contribution >= 4 is 17.5 Å². The van der Waals surface area contributed by atoms with Crippen LogP contribution in [0.5, 0.6) is 5.75 Å². The van der Waals surface area contributed by atoms with Gasteiger partial charge in [0.25, 0.3) is 5.91 Å². The van der Waals surface area contributed by atoms with Crippen LogP contribution in [0.4, 0.5) is 5.69 Å². The minimum absolute atomic E-state index is 0.101. The second-order valence-electron chi connectivity index (χ2n) is 5.76. The van der Waals surface area contributed by atoms with E-state index in [0.29, 0.717) is 30.3 Å². The quantitative estimate of drug-likeness (QED) is 0.937. The molecule has 1 aliphatic heterocycles. The maximum absolute atomic E-state index is 12.6. The molecule has 0 spiro atoms. The zero-order chi connectivity index (χ0) is 16.9. The summed E-state index contributed by atoms with van der Waals surface area (Å²) in [6.45, 7) is 1.03. The van der Waals surface area contributed by atoms with E-state index in [4.69, 9.17) is 9.15 Å². The number of piperidine rings is 1. The Labute approximate surface area is 140 Å². The lowest BCUT2D eigenvalue weighted by atomic mass is 9.96. The second-order valence-corrected chi connectivity index (χ2v) is 5.76. The van der Waals surface area contributed by atoms with Crippen LogP contribution < -0.4 is 10.1 Å². The minimum atomic E-state index is -0.248. The lowest BCUT2D eigenvalue weighted by Gasteiger charge is -2.31. The molecule has 1 saturated heterocycles. The van der Waals surface area contributed by atoms with Crippen LogP contribution in [0.15, 0.2) is 47.1 Å². The molecule has 2 amide bonds. The highest BCUT2D eigenvalue weighted by atomic mass is 16.5. The average Bonchev–Trinajstić information content (AvgIpc) is 3.16. The van der Waals surface area contributed by atoms with Crippen molar-refractivity contribution in [2.45, 2.75) is 12.8 Å². The van der Waals surface area contributed by atoms with Crippen molar-refractivity contribution in [2.24, 2.45) is 5.92 Å². The van der Waals surface area contributed by atoms with Crippen LogP contribution in [0.1, 0.15) is 23.4 Å². The largest absolute Gasteiger partial charge is 0.495 e. The lowest BCUT2D eigenvalue weighted by molar-refractivity contribution is -0.121. The van der Waals surface area contributed by atoms with Crippen LogP contribution in [0.25, 0.3) is 0 Å². The molecule has 0 unspecified atom stereocenters. The van der Waals surface area contributed by atoms with Gasteiger partial charge in [-0.2, -0.15) is 0 Å². The molecular weight excluding hydrogens is 308 g/mol. The van der Waals surface area contributed by atoms with Gasteiger partial charge in [-0.1, -0.05) is 12.1 Å². The summed E-state index contributed by atoms with van der Waals surface area (Å²) < 4.78 is 10.4. The van der Waals surface area contributed by atoms with Crippen molar-refractivity contribution < 1.29 is 18.7 Å². The summed E-state index contributed by atoms with van der Waals surface area (Å²) in [4.78, 5) is 26.6. The topological polar surface area (TPSA) is 71.8 Å². The van der Waals surface area contributed by atoms with Gasteiger partial charge in [-0.05, 0) is 37.1 Å². The van der Waals surface area contributed by atoms with Gasteiger partial charge in [-0.3, -0.25) is 9.59 Å². The number of furan rings is 1. The highest BCUT2D eigenvalue weighted by molar-refractivity contribution is 5.95. The minimum Gasteiger partial charge on any atom is -0.495 e. The summed E-state index contributed by atoms with van der Waals surface area (Å²) in [5.74, 6) is 0.403. The van der Waals surface area contributed by atoms with Gasteiger partial charge in [0.2, 0.25) is 5.91 Å². The van der Waals surface area contributed by atoms with E-state index in [0.717, 1.165) is 12.8 Å². The number of benzene rings is 1. The molecule has 1 N–H and O–H groups in total. The Morgan fingerprint density at radius 2 is 2.08 bits per heavy atom. The van der Waals surface area contributed by atoms with Crippen LogP contribution in [-0.2, 0) is 4.79 Å². The van der Waals surface area contributed by atoms with Crippen molar-refractivity contribution in [3.05, 3.63) is 48.4 Å². The summed E-state index contributed by atoms with van der Waals surface area (Å²) in [6.07, 6.45) is 3.02.